The smallest absolute Gasteiger partial charge is 0.164 e. The number of hydrogen-bond donors (Lipinski definition) is 0. The van der Waals surface area contributed by atoms with E-state index < -0.39 is 0 Å². The molecule has 1 aliphatic carbocycles. The molecule has 10 aromatic carbocycles. The van der Waals surface area contributed by atoms with Crippen molar-refractivity contribution in [1.29, 1.82) is 0 Å². The maximum absolute atomic E-state index is 5.23. The quantitative estimate of drug-likeness (QED) is 0.157. The van der Waals surface area contributed by atoms with Crippen molar-refractivity contribution in [2.75, 3.05) is 0 Å². The van der Waals surface area contributed by atoms with Crippen LogP contribution in [0.4, 0.5) is 0 Å². The number of aromatic nitrogens is 4. The van der Waals surface area contributed by atoms with Crippen LogP contribution >= 0.6 is 0 Å². The molecule has 310 valence electrons. The first-order valence-electron chi connectivity index (χ1n) is 22.7. The van der Waals surface area contributed by atoms with E-state index in [1.165, 1.54) is 60.4 Å². The van der Waals surface area contributed by atoms with Crippen molar-refractivity contribution < 1.29 is 0 Å². The lowest BCUT2D eigenvalue weighted by Crippen LogP contribution is -2.14. The minimum Gasteiger partial charge on any atom is -0.309 e. The number of hydrogen-bond acceptors (Lipinski definition) is 3. The largest absolute Gasteiger partial charge is 0.309 e. The molecule has 0 amide bonds. The molecule has 0 fully saturated rings. The lowest BCUT2D eigenvalue weighted by atomic mass is 9.81. The Kier molecular flexibility index (Phi) is 8.53. The van der Waals surface area contributed by atoms with Crippen LogP contribution in [0.15, 0.2) is 218 Å². The summed E-state index contributed by atoms with van der Waals surface area (Å²) in [5.74, 6) is 1.92. The summed E-state index contributed by atoms with van der Waals surface area (Å²) in [7, 11) is 0. The van der Waals surface area contributed by atoms with Gasteiger partial charge in [0.1, 0.15) is 0 Å². The van der Waals surface area contributed by atoms with Gasteiger partial charge in [-0.25, -0.2) is 15.0 Å². The summed E-state index contributed by atoms with van der Waals surface area (Å²) in [4.78, 5) is 15.5. The SMILES string of the molecule is CC1(C)c2ccccc2-c2ccc(-c3cccc(-n4c5ccccc5c5cc(-c6cccc(-c7nc(-c8ccccc8)nc(-c8cccc9cc%10ccccc%10cc89)n7)c6)ccc54)c3)cc21. The molecule has 12 aromatic rings. The fraction of sp³-hybridized carbons (Fsp3) is 0.0484. The lowest BCUT2D eigenvalue weighted by Gasteiger charge is -2.22. The van der Waals surface area contributed by atoms with Crippen molar-refractivity contribution in [3.8, 4) is 73.2 Å². The Labute approximate surface area is 383 Å². The second-order valence-electron chi connectivity index (χ2n) is 18.0. The molecule has 0 bridgehead atoms. The highest BCUT2D eigenvalue weighted by molar-refractivity contribution is 6.11. The molecule has 0 saturated heterocycles. The average Bonchev–Trinajstić information content (AvgIpc) is 3.83. The van der Waals surface area contributed by atoms with E-state index in [-0.39, 0.29) is 5.41 Å². The van der Waals surface area contributed by atoms with E-state index >= 15 is 0 Å². The topological polar surface area (TPSA) is 43.6 Å². The van der Waals surface area contributed by atoms with Crippen LogP contribution in [-0.4, -0.2) is 19.5 Å². The highest BCUT2D eigenvalue weighted by Crippen LogP contribution is 2.49. The standard InChI is InChI=1S/C62H42N4/c1-62(2)55-27-10-8-24-49(55)50-31-29-45(38-56(50)62)42-20-13-23-48(35-42)66-57-28-11-9-25-51(57)54-37-44(30-32-58(54)66)41-19-12-22-47(34-41)60-63-59(39-15-4-3-5-16-39)64-61(65-60)52-26-14-21-46-33-40-17-6-7-18-43(40)36-53(46)52/h3-38H,1-2H3. The van der Waals surface area contributed by atoms with Gasteiger partial charge in [-0.3, -0.25) is 0 Å². The summed E-state index contributed by atoms with van der Waals surface area (Å²) in [6, 6.07) is 78.6. The molecule has 0 N–H and O–H groups in total. The number of fused-ring (bicyclic) bond motifs is 8. The summed E-state index contributed by atoms with van der Waals surface area (Å²) < 4.78 is 2.41. The fourth-order valence-electron chi connectivity index (χ4n) is 10.5. The summed E-state index contributed by atoms with van der Waals surface area (Å²) in [6.45, 7) is 4.69. The van der Waals surface area contributed by atoms with Gasteiger partial charge in [-0.15, -0.1) is 0 Å². The molecule has 66 heavy (non-hydrogen) atoms. The van der Waals surface area contributed by atoms with Crippen LogP contribution in [0.1, 0.15) is 25.0 Å². The minimum atomic E-state index is -0.0590. The van der Waals surface area contributed by atoms with Gasteiger partial charge in [0.25, 0.3) is 0 Å². The molecular formula is C62H42N4. The fourth-order valence-corrected chi connectivity index (χ4v) is 10.5. The van der Waals surface area contributed by atoms with Crippen LogP contribution in [-0.2, 0) is 5.41 Å². The molecule has 0 spiro atoms. The molecule has 0 atom stereocenters. The van der Waals surface area contributed by atoms with Gasteiger partial charge in [0.2, 0.25) is 0 Å². The lowest BCUT2D eigenvalue weighted by molar-refractivity contribution is 0.660. The van der Waals surface area contributed by atoms with Crippen LogP contribution in [0, 0.1) is 0 Å². The Balaban J connectivity index is 0.903. The number of nitrogens with zero attached hydrogens (tertiary/aromatic N) is 4. The molecule has 0 radical (unpaired) electrons. The zero-order valence-corrected chi connectivity index (χ0v) is 36.6. The van der Waals surface area contributed by atoms with Gasteiger partial charge in [0.15, 0.2) is 17.5 Å². The van der Waals surface area contributed by atoms with E-state index in [1.807, 2.05) is 18.2 Å². The van der Waals surface area contributed by atoms with Gasteiger partial charge in [-0.1, -0.05) is 178 Å². The summed E-state index contributed by atoms with van der Waals surface area (Å²) in [6.07, 6.45) is 0. The molecule has 1 aliphatic rings. The minimum absolute atomic E-state index is 0.0590. The molecular weight excluding hydrogens is 801 g/mol. The zero-order valence-electron chi connectivity index (χ0n) is 36.6. The molecule has 2 aromatic heterocycles. The first kappa shape index (κ1) is 38.0. The zero-order chi connectivity index (χ0) is 43.9. The normalized spacial score (nSPS) is 12.8. The van der Waals surface area contributed by atoms with Gasteiger partial charge in [0, 0.05) is 38.6 Å². The van der Waals surface area contributed by atoms with Crippen molar-refractivity contribution in [2.45, 2.75) is 19.3 Å². The van der Waals surface area contributed by atoms with Crippen molar-refractivity contribution >= 4 is 43.4 Å². The molecule has 13 rings (SSSR count). The van der Waals surface area contributed by atoms with Crippen LogP contribution < -0.4 is 0 Å². The van der Waals surface area contributed by atoms with Crippen molar-refractivity contribution in [2.24, 2.45) is 0 Å². The van der Waals surface area contributed by atoms with E-state index in [2.05, 4.69) is 219 Å². The summed E-state index contributed by atoms with van der Waals surface area (Å²) in [5.41, 5.74) is 16.4. The van der Waals surface area contributed by atoms with Gasteiger partial charge in [-0.05, 0) is 121 Å². The highest BCUT2D eigenvalue weighted by Gasteiger charge is 2.35. The number of rotatable bonds is 6. The first-order valence-corrected chi connectivity index (χ1v) is 22.7. The third kappa shape index (κ3) is 6.10. The second-order valence-corrected chi connectivity index (χ2v) is 18.0. The van der Waals surface area contributed by atoms with Gasteiger partial charge >= 0.3 is 0 Å². The molecule has 4 heteroatoms. The Morgan fingerprint density at radius 2 is 0.894 bits per heavy atom. The number of para-hydroxylation sites is 1. The predicted octanol–water partition coefficient (Wildman–Crippen LogP) is 15.9. The Morgan fingerprint density at radius 1 is 0.318 bits per heavy atom. The maximum Gasteiger partial charge on any atom is 0.164 e. The predicted molar refractivity (Wildman–Crippen MR) is 274 cm³/mol. The number of benzene rings is 10. The van der Waals surface area contributed by atoms with Crippen LogP contribution in [0.5, 0.6) is 0 Å². The Bertz CT molecular complexity index is 3920. The van der Waals surface area contributed by atoms with Crippen molar-refractivity contribution in [1.82, 2.24) is 19.5 Å². The van der Waals surface area contributed by atoms with Crippen LogP contribution in [0.2, 0.25) is 0 Å². The molecule has 0 saturated carbocycles. The third-order valence-electron chi connectivity index (χ3n) is 13.8. The van der Waals surface area contributed by atoms with Crippen LogP contribution in [0.25, 0.3) is 117 Å². The average molecular weight is 843 g/mol. The molecule has 2 heterocycles. The van der Waals surface area contributed by atoms with E-state index in [4.69, 9.17) is 15.0 Å². The second kappa shape index (κ2) is 14.8. The van der Waals surface area contributed by atoms with E-state index in [0.29, 0.717) is 17.5 Å². The van der Waals surface area contributed by atoms with Gasteiger partial charge in [0.05, 0.1) is 11.0 Å². The van der Waals surface area contributed by atoms with E-state index in [0.717, 1.165) is 49.8 Å². The summed E-state index contributed by atoms with van der Waals surface area (Å²) >= 11 is 0. The monoisotopic (exact) mass is 842 g/mol. The third-order valence-corrected chi connectivity index (χ3v) is 13.8. The molecule has 0 aliphatic heterocycles. The Morgan fingerprint density at radius 3 is 1.77 bits per heavy atom. The molecule has 0 unspecified atom stereocenters. The maximum atomic E-state index is 5.23. The van der Waals surface area contributed by atoms with E-state index in [9.17, 15) is 0 Å². The highest BCUT2D eigenvalue weighted by atomic mass is 15.0. The van der Waals surface area contributed by atoms with Crippen molar-refractivity contribution in [3.63, 3.8) is 0 Å². The van der Waals surface area contributed by atoms with Crippen LogP contribution in [0.3, 0.4) is 0 Å². The van der Waals surface area contributed by atoms with Gasteiger partial charge < -0.3 is 4.57 Å². The van der Waals surface area contributed by atoms with Gasteiger partial charge in [-0.2, -0.15) is 0 Å². The van der Waals surface area contributed by atoms with E-state index in [1.54, 1.807) is 0 Å². The summed E-state index contributed by atoms with van der Waals surface area (Å²) in [5, 5.41) is 7.06. The molecule has 4 nitrogen and oxygen atoms in total. The first-order chi connectivity index (χ1) is 32.4. The van der Waals surface area contributed by atoms with Crippen molar-refractivity contribution in [3.05, 3.63) is 230 Å². The Hall–Kier alpha value is -8.47.